The Morgan fingerprint density at radius 1 is 1.18 bits per heavy atom. The van der Waals surface area contributed by atoms with Gasteiger partial charge in [-0.1, -0.05) is 6.92 Å². The van der Waals surface area contributed by atoms with Gasteiger partial charge in [-0.3, -0.25) is 9.59 Å². The quantitative estimate of drug-likeness (QED) is 0.535. The minimum Gasteiger partial charge on any atom is -0.456 e. The van der Waals surface area contributed by atoms with E-state index in [1.54, 1.807) is 0 Å². The van der Waals surface area contributed by atoms with Crippen LogP contribution in [0.3, 0.4) is 0 Å². The third-order valence-electron chi connectivity index (χ3n) is 3.52. The van der Waals surface area contributed by atoms with Gasteiger partial charge in [0.1, 0.15) is 12.2 Å². The van der Waals surface area contributed by atoms with Crippen molar-refractivity contribution < 1.29 is 37.8 Å². The molecule has 2 saturated heterocycles. The van der Waals surface area contributed by atoms with Crippen molar-refractivity contribution >= 4 is 19.1 Å². The summed E-state index contributed by atoms with van der Waals surface area (Å²) in [5.41, 5.74) is 0. The molecule has 2 aliphatic rings. The number of carbonyl (C=O) groups excluding carboxylic acids is 2. The van der Waals surface area contributed by atoms with Crippen LogP contribution in [0.4, 0.5) is 0 Å². The molecule has 0 aliphatic carbocycles. The standard InChI is InChI=1S/C13H21BO8/c1-5-14-18-6-9-10(22-14)11(19-7(2)15)12(20-8(3)16)13(17-4)21-9/h9-13H,5-6H2,1-4H3. The average Bonchev–Trinajstić information content (AvgIpc) is 2.47. The van der Waals surface area contributed by atoms with Crippen molar-refractivity contribution in [2.45, 2.75) is 57.8 Å². The van der Waals surface area contributed by atoms with Crippen LogP contribution in [0.1, 0.15) is 20.8 Å². The minimum absolute atomic E-state index is 0.285. The fourth-order valence-electron chi connectivity index (χ4n) is 2.64. The van der Waals surface area contributed by atoms with Gasteiger partial charge in [-0.15, -0.1) is 0 Å². The number of rotatable bonds is 4. The number of ether oxygens (including phenoxy) is 4. The summed E-state index contributed by atoms with van der Waals surface area (Å²) >= 11 is 0. The molecule has 0 amide bonds. The van der Waals surface area contributed by atoms with Crippen molar-refractivity contribution in [2.75, 3.05) is 13.7 Å². The van der Waals surface area contributed by atoms with E-state index in [0.29, 0.717) is 6.32 Å². The van der Waals surface area contributed by atoms with Gasteiger partial charge in [-0.2, -0.15) is 0 Å². The molecule has 0 saturated carbocycles. The molecule has 2 aliphatic heterocycles. The van der Waals surface area contributed by atoms with Gasteiger partial charge in [0.25, 0.3) is 0 Å². The van der Waals surface area contributed by atoms with E-state index in [1.807, 2.05) is 6.92 Å². The summed E-state index contributed by atoms with van der Waals surface area (Å²) in [6.45, 7) is 4.75. The monoisotopic (exact) mass is 316 g/mol. The first kappa shape index (κ1) is 17.2. The van der Waals surface area contributed by atoms with Gasteiger partial charge in [-0.05, 0) is 6.32 Å². The highest BCUT2D eigenvalue weighted by Crippen LogP contribution is 2.32. The zero-order valence-corrected chi connectivity index (χ0v) is 13.1. The summed E-state index contributed by atoms with van der Waals surface area (Å²) in [6.07, 6.45) is -2.99. The van der Waals surface area contributed by atoms with Crippen LogP contribution in [-0.2, 0) is 37.8 Å². The zero-order chi connectivity index (χ0) is 16.3. The molecule has 2 heterocycles. The molecule has 0 spiro atoms. The summed E-state index contributed by atoms with van der Waals surface area (Å²) < 4.78 is 32.8. The molecule has 2 rings (SSSR count). The minimum atomic E-state index is -0.900. The fraction of sp³-hybridized carbons (Fsp3) is 0.846. The van der Waals surface area contributed by atoms with Gasteiger partial charge in [-0.25, -0.2) is 0 Å². The molecule has 0 N–H and O–H groups in total. The van der Waals surface area contributed by atoms with E-state index < -0.39 is 49.8 Å². The maximum atomic E-state index is 11.4. The highest BCUT2D eigenvalue weighted by Gasteiger charge is 2.53. The van der Waals surface area contributed by atoms with Crippen molar-refractivity contribution in [1.29, 1.82) is 0 Å². The molecular weight excluding hydrogens is 295 g/mol. The molecule has 22 heavy (non-hydrogen) atoms. The molecule has 5 atom stereocenters. The molecule has 0 aromatic heterocycles. The Kier molecular flexibility index (Phi) is 5.79. The second-order valence-electron chi connectivity index (χ2n) is 5.20. The van der Waals surface area contributed by atoms with E-state index in [2.05, 4.69) is 0 Å². The maximum absolute atomic E-state index is 11.4. The summed E-state index contributed by atoms with van der Waals surface area (Å²) in [7, 11) is 1.01. The first-order valence-corrected chi connectivity index (χ1v) is 7.26. The number of esters is 2. The van der Waals surface area contributed by atoms with Crippen molar-refractivity contribution in [2.24, 2.45) is 0 Å². The van der Waals surface area contributed by atoms with Gasteiger partial charge in [0.2, 0.25) is 0 Å². The molecule has 9 heteroatoms. The number of methoxy groups -OCH3 is 1. The molecule has 0 aromatic carbocycles. The molecule has 2 fully saturated rings. The van der Waals surface area contributed by atoms with Crippen LogP contribution < -0.4 is 0 Å². The van der Waals surface area contributed by atoms with Crippen LogP contribution in [0.15, 0.2) is 0 Å². The van der Waals surface area contributed by atoms with Gasteiger partial charge in [0.15, 0.2) is 18.5 Å². The van der Waals surface area contributed by atoms with Crippen LogP contribution in [0.5, 0.6) is 0 Å². The van der Waals surface area contributed by atoms with Gasteiger partial charge in [0, 0.05) is 21.0 Å². The van der Waals surface area contributed by atoms with Crippen LogP contribution in [0.2, 0.25) is 6.32 Å². The number of carbonyl (C=O) groups is 2. The lowest BCUT2D eigenvalue weighted by Crippen LogP contribution is -2.65. The zero-order valence-electron chi connectivity index (χ0n) is 13.1. The predicted octanol–water partition coefficient (Wildman–Crippen LogP) is 0.145. The Bertz CT molecular complexity index is 417. The van der Waals surface area contributed by atoms with Gasteiger partial charge >= 0.3 is 19.1 Å². The molecular formula is C13H21BO8. The van der Waals surface area contributed by atoms with Crippen LogP contribution in [-0.4, -0.2) is 63.5 Å². The van der Waals surface area contributed by atoms with Crippen molar-refractivity contribution in [3.8, 4) is 0 Å². The van der Waals surface area contributed by atoms with Crippen LogP contribution in [0.25, 0.3) is 0 Å². The highest BCUT2D eigenvalue weighted by molar-refractivity contribution is 6.44. The van der Waals surface area contributed by atoms with Crippen molar-refractivity contribution in [1.82, 2.24) is 0 Å². The second-order valence-corrected chi connectivity index (χ2v) is 5.20. The Labute approximate surface area is 129 Å². The SMILES string of the molecule is CCB1OCC2OC(OC)C(OC(C)=O)C(OC(C)=O)C2O1. The predicted molar refractivity (Wildman–Crippen MR) is 73.8 cm³/mol. The number of hydrogen-bond acceptors (Lipinski definition) is 8. The Balaban J connectivity index is 2.24. The maximum Gasteiger partial charge on any atom is 0.457 e. The first-order chi connectivity index (χ1) is 10.5. The Morgan fingerprint density at radius 2 is 1.82 bits per heavy atom. The van der Waals surface area contributed by atoms with Crippen LogP contribution in [0, 0.1) is 0 Å². The number of fused-ring (bicyclic) bond motifs is 1. The average molecular weight is 316 g/mol. The van der Waals surface area contributed by atoms with E-state index in [9.17, 15) is 9.59 Å². The first-order valence-electron chi connectivity index (χ1n) is 7.26. The Morgan fingerprint density at radius 3 is 2.36 bits per heavy atom. The molecule has 0 radical (unpaired) electrons. The third-order valence-corrected chi connectivity index (χ3v) is 3.52. The molecule has 0 bridgehead atoms. The molecule has 5 unspecified atom stereocenters. The highest BCUT2D eigenvalue weighted by atomic mass is 16.7. The number of hydrogen-bond donors (Lipinski definition) is 0. The van der Waals surface area contributed by atoms with E-state index in [-0.39, 0.29) is 6.61 Å². The van der Waals surface area contributed by atoms with E-state index in [1.165, 1.54) is 21.0 Å². The molecule has 0 aromatic rings. The smallest absolute Gasteiger partial charge is 0.456 e. The second kappa shape index (κ2) is 7.41. The lowest BCUT2D eigenvalue weighted by molar-refractivity contribution is -0.304. The third kappa shape index (κ3) is 3.78. The van der Waals surface area contributed by atoms with Gasteiger partial charge < -0.3 is 28.3 Å². The summed E-state index contributed by atoms with van der Waals surface area (Å²) in [5.74, 6) is -1.02. The lowest BCUT2D eigenvalue weighted by Gasteiger charge is -2.47. The van der Waals surface area contributed by atoms with Gasteiger partial charge in [0.05, 0.1) is 6.61 Å². The topological polar surface area (TPSA) is 89.5 Å². The van der Waals surface area contributed by atoms with Crippen LogP contribution >= 0.6 is 0 Å². The van der Waals surface area contributed by atoms with E-state index in [4.69, 9.17) is 28.3 Å². The van der Waals surface area contributed by atoms with Crippen molar-refractivity contribution in [3.05, 3.63) is 0 Å². The van der Waals surface area contributed by atoms with Crippen molar-refractivity contribution in [3.63, 3.8) is 0 Å². The lowest BCUT2D eigenvalue weighted by atomic mass is 9.82. The van der Waals surface area contributed by atoms with E-state index >= 15 is 0 Å². The molecule has 8 nitrogen and oxygen atoms in total. The summed E-state index contributed by atoms with van der Waals surface area (Å²) in [5, 5.41) is 0. The van der Waals surface area contributed by atoms with E-state index in [0.717, 1.165) is 0 Å². The molecule has 124 valence electrons. The normalized spacial score (nSPS) is 34.7. The summed E-state index contributed by atoms with van der Waals surface area (Å²) in [4.78, 5) is 22.8. The Hall–Kier alpha value is -1.16. The summed E-state index contributed by atoms with van der Waals surface area (Å²) in [6, 6.07) is 0. The fourth-order valence-corrected chi connectivity index (χ4v) is 2.64. The largest absolute Gasteiger partial charge is 0.457 e.